The molecule has 6 heteroatoms. The molecule has 0 aliphatic heterocycles. The lowest BCUT2D eigenvalue weighted by molar-refractivity contribution is -0.147. The van der Waals surface area contributed by atoms with E-state index in [4.69, 9.17) is 16.7 Å². The molecule has 0 aromatic carbocycles. The highest BCUT2D eigenvalue weighted by atomic mass is 35.5. The molecule has 0 fully saturated rings. The summed E-state index contributed by atoms with van der Waals surface area (Å²) in [4.78, 5) is 14.9. The molecule has 0 aliphatic rings. The third-order valence-electron chi connectivity index (χ3n) is 2.31. The number of carbonyl (C=O) groups is 1. The van der Waals surface area contributed by atoms with Gasteiger partial charge in [0.1, 0.15) is 9.34 Å². The second kappa shape index (κ2) is 5.61. The fourth-order valence-electron chi connectivity index (χ4n) is 1.07. The van der Waals surface area contributed by atoms with Gasteiger partial charge in [-0.25, -0.2) is 4.98 Å². The van der Waals surface area contributed by atoms with Crippen molar-refractivity contribution in [3.05, 3.63) is 15.5 Å². The maximum Gasteiger partial charge on any atom is 0.309 e. The smallest absolute Gasteiger partial charge is 0.309 e. The van der Waals surface area contributed by atoms with Crippen LogP contribution in [0.2, 0.25) is 4.34 Å². The van der Waals surface area contributed by atoms with Crippen molar-refractivity contribution in [1.82, 2.24) is 10.3 Å². The van der Waals surface area contributed by atoms with Crippen molar-refractivity contribution < 1.29 is 9.90 Å². The van der Waals surface area contributed by atoms with Crippen LogP contribution in [0.4, 0.5) is 0 Å². The predicted molar refractivity (Wildman–Crippen MR) is 64.9 cm³/mol. The molecule has 1 heterocycles. The number of rotatable bonds is 6. The number of carboxylic acids is 1. The fraction of sp³-hybridized carbons (Fsp3) is 0.600. The molecule has 2 N–H and O–H groups in total. The van der Waals surface area contributed by atoms with Gasteiger partial charge in [0, 0.05) is 6.54 Å². The van der Waals surface area contributed by atoms with E-state index in [1.165, 1.54) is 11.3 Å². The monoisotopic (exact) mass is 262 g/mol. The molecular formula is C10H15ClN2O2S. The summed E-state index contributed by atoms with van der Waals surface area (Å²) in [6.07, 6.45) is 2.20. The normalized spacial score (nSPS) is 11.7. The number of aromatic nitrogens is 1. The number of nitrogens with zero attached hydrogens (tertiary/aromatic N) is 1. The fourth-order valence-corrected chi connectivity index (χ4v) is 2.00. The first-order chi connectivity index (χ1) is 7.42. The van der Waals surface area contributed by atoms with Gasteiger partial charge in [0.25, 0.3) is 0 Å². The number of hydrogen-bond donors (Lipinski definition) is 2. The summed E-state index contributed by atoms with van der Waals surface area (Å²) in [6, 6.07) is 0. The Labute approximate surface area is 104 Å². The molecular weight excluding hydrogens is 248 g/mol. The highest BCUT2D eigenvalue weighted by Crippen LogP contribution is 2.20. The maximum atomic E-state index is 10.8. The molecule has 16 heavy (non-hydrogen) atoms. The van der Waals surface area contributed by atoms with Gasteiger partial charge < -0.3 is 10.4 Å². The lowest BCUT2D eigenvalue weighted by Crippen LogP contribution is -2.28. The van der Waals surface area contributed by atoms with Crippen LogP contribution in [0.25, 0.3) is 0 Å². The molecule has 0 radical (unpaired) electrons. The lowest BCUT2D eigenvalue weighted by atomic mass is 9.90. The predicted octanol–water partition coefficient (Wildman–Crippen LogP) is 2.39. The summed E-state index contributed by atoms with van der Waals surface area (Å²) in [7, 11) is 0. The Morgan fingerprint density at radius 1 is 1.69 bits per heavy atom. The molecule has 0 saturated carbocycles. The van der Waals surface area contributed by atoms with Gasteiger partial charge in [0.15, 0.2) is 0 Å². The zero-order chi connectivity index (χ0) is 12.2. The molecule has 0 atom stereocenters. The number of aliphatic carboxylic acids is 1. The van der Waals surface area contributed by atoms with Gasteiger partial charge in [0.2, 0.25) is 0 Å². The zero-order valence-electron chi connectivity index (χ0n) is 9.29. The molecule has 0 amide bonds. The molecule has 1 aromatic rings. The Balaban J connectivity index is 2.24. The van der Waals surface area contributed by atoms with Crippen LogP contribution in [0.5, 0.6) is 0 Å². The average molecular weight is 263 g/mol. The quantitative estimate of drug-likeness (QED) is 0.773. The SMILES string of the molecule is CC(C)(CCNCc1ncc(Cl)s1)C(=O)O. The van der Waals surface area contributed by atoms with Crippen molar-refractivity contribution in [1.29, 1.82) is 0 Å². The molecule has 0 saturated heterocycles. The Bertz CT molecular complexity index is 365. The number of hydrogen-bond acceptors (Lipinski definition) is 4. The molecule has 4 nitrogen and oxygen atoms in total. The van der Waals surface area contributed by atoms with Crippen LogP contribution in [-0.2, 0) is 11.3 Å². The topological polar surface area (TPSA) is 62.2 Å². The second-order valence-corrected chi connectivity index (χ2v) is 5.92. The third kappa shape index (κ3) is 4.08. The number of halogens is 1. The van der Waals surface area contributed by atoms with Crippen LogP contribution >= 0.6 is 22.9 Å². The van der Waals surface area contributed by atoms with Crippen molar-refractivity contribution in [3.8, 4) is 0 Å². The lowest BCUT2D eigenvalue weighted by Gasteiger charge is -2.18. The Hall–Kier alpha value is -0.650. The van der Waals surface area contributed by atoms with Gasteiger partial charge in [0.05, 0.1) is 11.6 Å². The van der Waals surface area contributed by atoms with Gasteiger partial charge in [-0.3, -0.25) is 4.79 Å². The van der Waals surface area contributed by atoms with E-state index in [1.807, 2.05) is 0 Å². The van der Waals surface area contributed by atoms with E-state index >= 15 is 0 Å². The Kier molecular flexibility index (Phi) is 4.70. The van der Waals surface area contributed by atoms with E-state index in [0.717, 1.165) is 5.01 Å². The van der Waals surface area contributed by atoms with Crippen LogP contribution in [-0.4, -0.2) is 22.6 Å². The van der Waals surface area contributed by atoms with E-state index in [0.29, 0.717) is 23.8 Å². The van der Waals surface area contributed by atoms with Crippen molar-refractivity contribution in [2.75, 3.05) is 6.54 Å². The maximum absolute atomic E-state index is 10.8. The highest BCUT2D eigenvalue weighted by Gasteiger charge is 2.26. The summed E-state index contributed by atoms with van der Waals surface area (Å²) < 4.78 is 0.669. The van der Waals surface area contributed by atoms with E-state index in [-0.39, 0.29) is 0 Å². The minimum Gasteiger partial charge on any atom is -0.481 e. The van der Waals surface area contributed by atoms with Gasteiger partial charge in [-0.2, -0.15) is 0 Å². The molecule has 0 bridgehead atoms. The highest BCUT2D eigenvalue weighted by molar-refractivity contribution is 7.15. The summed E-state index contributed by atoms with van der Waals surface area (Å²) in [6.45, 7) is 4.72. The van der Waals surface area contributed by atoms with Gasteiger partial charge >= 0.3 is 5.97 Å². The van der Waals surface area contributed by atoms with Gasteiger partial charge in [-0.15, -0.1) is 11.3 Å². The van der Waals surface area contributed by atoms with Crippen molar-refractivity contribution >= 4 is 28.9 Å². The molecule has 0 aliphatic carbocycles. The first-order valence-electron chi connectivity index (χ1n) is 4.96. The van der Waals surface area contributed by atoms with E-state index in [2.05, 4.69) is 10.3 Å². The summed E-state index contributed by atoms with van der Waals surface area (Å²) in [5, 5.41) is 13.0. The van der Waals surface area contributed by atoms with E-state index in [1.54, 1.807) is 20.0 Å². The number of nitrogens with one attached hydrogen (secondary N) is 1. The van der Waals surface area contributed by atoms with Crippen molar-refractivity contribution in [3.63, 3.8) is 0 Å². The average Bonchev–Trinajstić information content (AvgIpc) is 2.59. The van der Waals surface area contributed by atoms with Crippen LogP contribution in [0, 0.1) is 5.41 Å². The third-order valence-corrected chi connectivity index (χ3v) is 3.42. The molecule has 90 valence electrons. The molecule has 1 rings (SSSR count). The first kappa shape index (κ1) is 13.4. The van der Waals surface area contributed by atoms with Crippen molar-refractivity contribution in [2.45, 2.75) is 26.8 Å². The molecule has 0 spiro atoms. The number of thiazole rings is 1. The van der Waals surface area contributed by atoms with Gasteiger partial charge in [-0.05, 0) is 26.8 Å². The zero-order valence-corrected chi connectivity index (χ0v) is 10.9. The van der Waals surface area contributed by atoms with Crippen molar-refractivity contribution in [2.24, 2.45) is 5.41 Å². The van der Waals surface area contributed by atoms with Gasteiger partial charge in [-0.1, -0.05) is 11.6 Å². The minimum atomic E-state index is -0.772. The first-order valence-corrected chi connectivity index (χ1v) is 6.15. The van der Waals surface area contributed by atoms with E-state index in [9.17, 15) is 4.79 Å². The van der Waals surface area contributed by atoms with Crippen LogP contribution in [0.15, 0.2) is 6.20 Å². The van der Waals surface area contributed by atoms with Crippen LogP contribution in [0.1, 0.15) is 25.3 Å². The summed E-state index contributed by atoms with van der Waals surface area (Å²) in [5.74, 6) is -0.772. The Morgan fingerprint density at radius 2 is 2.38 bits per heavy atom. The Morgan fingerprint density at radius 3 is 2.88 bits per heavy atom. The minimum absolute atomic E-state index is 0.585. The van der Waals surface area contributed by atoms with Crippen LogP contribution in [0.3, 0.4) is 0 Å². The molecule has 1 aromatic heterocycles. The van der Waals surface area contributed by atoms with Crippen LogP contribution < -0.4 is 5.32 Å². The van der Waals surface area contributed by atoms with E-state index < -0.39 is 11.4 Å². The number of carboxylic acid groups (broad SMARTS) is 1. The largest absolute Gasteiger partial charge is 0.481 e. The molecule has 0 unspecified atom stereocenters. The summed E-state index contributed by atoms with van der Waals surface area (Å²) in [5.41, 5.74) is -0.687. The summed E-state index contributed by atoms with van der Waals surface area (Å²) >= 11 is 7.17. The second-order valence-electron chi connectivity index (χ2n) is 4.17. The standard InChI is InChI=1S/C10H15ClN2O2S/c1-10(2,9(14)15)3-4-12-6-8-13-5-7(11)16-8/h5,12H,3-4,6H2,1-2H3,(H,14,15).